The summed E-state index contributed by atoms with van der Waals surface area (Å²) >= 11 is 1.62. The molecule has 0 spiro atoms. The van der Waals surface area contributed by atoms with Gasteiger partial charge in [-0.25, -0.2) is 4.99 Å². The van der Waals surface area contributed by atoms with Gasteiger partial charge in [0.25, 0.3) is 0 Å². The lowest BCUT2D eigenvalue weighted by Gasteiger charge is -2.09. The first-order valence-electron chi connectivity index (χ1n) is 8.95. The fourth-order valence-electron chi connectivity index (χ4n) is 3.33. The minimum absolute atomic E-state index is 0.0424. The van der Waals surface area contributed by atoms with E-state index in [9.17, 15) is 10.1 Å². The van der Waals surface area contributed by atoms with Gasteiger partial charge in [-0.05, 0) is 50.3 Å². The molecule has 0 N–H and O–H groups in total. The number of nitriles is 1. The summed E-state index contributed by atoms with van der Waals surface area (Å²) in [6.45, 7) is 1.55. The summed E-state index contributed by atoms with van der Waals surface area (Å²) in [6.07, 6.45) is 6.03. The third-order valence-electron chi connectivity index (χ3n) is 4.78. The van der Waals surface area contributed by atoms with Gasteiger partial charge in [0.2, 0.25) is 0 Å². The number of ketones is 1. The summed E-state index contributed by atoms with van der Waals surface area (Å²) in [5.74, 6) is 1.40. The fourth-order valence-corrected chi connectivity index (χ4v) is 4.51. The van der Waals surface area contributed by atoms with Crippen LogP contribution in [0, 0.1) is 11.3 Å². The van der Waals surface area contributed by atoms with Gasteiger partial charge in [0.1, 0.15) is 22.6 Å². The molecule has 1 aliphatic rings. The second-order valence-corrected chi connectivity index (χ2v) is 7.68. The van der Waals surface area contributed by atoms with Crippen LogP contribution in [0.15, 0.2) is 45.8 Å². The molecule has 2 heterocycles. The number of hydrogen-bond donors (Lipinski definition) is 0. The maximum atomic E-state index is 11.4. The van der Waals surface area contributed by atoms with Crippen molar-refractivity contribution < 1.29 is 9.21 Å². The Bertz CT molecular complexity index is 1060. The first kappa shape index (κ1) is 17.4. The van der Waals surface area contributed by atoms with Crippen molar-refractivity contribution in [3.63, 3.8) is 0 Å². The van der Waals surface area contributed by atoms with E-state index in [1.165, 1.54) is 16.9 Å². The maximum absolute atomic E-state index is 11.4. The molecule has 0 saturated carbocycles. The van der Waals surface area contributed by atoms with Crippen LogP contribution in [-0.4, -0.2) is 12.0 Å². The van der Waals surface area contributed by atoms with E-state index in [1.807, 2.05) is 24.3 Å². The Hall–Kier alpha value is -2.97. The molecule has 1 aromatic carbocycles. The van der Waals surface area contributed by atoms with E-state index >= 15 is 0 Å². The van der Waals surface area contributed by atoms with Crippen LogP contribution in [0.5, 0.6) is 0 Å². The lowest BCUT2D eigenvalue weighted by Crippen LogP contribution is -1.99. The molecular formula is C22H18N2O2S. The highest BCUT2D eigenvalue weighted by atomic mass is 32.1. The zero-order valence-electron chi connectivity index (χ0n) is 15.0. The number of furan rings is 1. The van der Waals surface area contributed by atoms with Gasteiger partial charge in [-0.1, -0.05) is 24.3 Å². The number of aryl methyl sites for hydroxylation is 1. The Morgan fingerprint density at radius 2 is 1.96 bits per heavy atom. The zero-order valence-corrected chi connectivity index (χ0v) is 15.8. The average Bonchev–Trinajstić information content (AvgIpc) is 3.30. The minimum atomic E-state index is 0.0424. The Kier molecular flexibility index (Phi) is 4.74. The second-order valence-electron chi connectivity index (χ2n) is 6.60. The van der Waals surface area contributed by atoms with E-state index in [2.05, 4.69) is 11.1 Å². The monoisotopic (exact) mass is 374 g/mol. The van der Waals surface area contributed by atoms with Gasteiger partial charge < -0.3 is 4.42 Å². The summed E-state index contributed by atoms with van der Waals surface area (Å²) in [5.41, 5.74) is 3.49. The smallest absolute Gasteiger partial charge is 0.159 e. The molecule has 3 aromatic rings. The Morgan fingerprint density at radius 3 is 2.70 bits per heavy atom. The maximum Gasteiger partial charge on any atom is 0.159 e. The van der Waals surface area contributed by atoms with Crippen LogP contribution in [0.25, 0.3) is 11.3 Å². The molecule has 27 heavy (non-hydrogen) atoms. The molecule has 4 nitrogen and oxygen atoms in total. The molecule has 134 valence electrons. The molecule has 4 rings (SSSR count). The van der Waals surface area contributed by atoms with Gasteiger partial charge in [0.05, 0.1) is 11.8 Å². The predicted octanol–water partition coefficient (Wildman–Crippen LogP) is 5.71. The standard InChI is InChI=1S/C22H18N2O2S/c1-14(25)15-6-8-16(9-7-15)20-11-10-17(26-20)13-24-22-19(12-23)18-4-2-3-5-21(18)27-22/h6-11,13H,2-5H2,1H3/b24-13+. The van der Waals surface area contributed by atoms with Gasteiger partial charge >= 0.3 is 0 Å². The van der Waals surface area contributed by atoms with E-state index in [0.29, 0.717) is 11.3 Å². The molecule has 0 amide bonds. The van der Waals surface area contributed by atoms with Gasteiger partial charge in [-0.3, -0.25) is 4.79 Å². The van der Waals surface area contributed by atoms with Gasteiger partial charge in [-0.2, -0.15) is 5.26 Å². The third-order valence-corrected chi connectivity index (χ3v) is 5.98. The summed E-state index contributed by atoms with van der Waals surface area (Å²) < 4.78 is 5.85. The molecule has 0 saturated heterocycles. The number of fused-ring (bicyclic) bond motifs is 1. The fraction of sp³-hybridized carbons (Fsp3) is 0.227. The highest BCUT2D eigenvalue weighted by molar-refractivity contribution is 7.16. The molecule has 0 unspecified atom stereocenters. The third kappa shape index (κ3) is 3.49. The van der Waals surface area contributed by atoms with E-state index in [-0.39, 0.29) is 5.78 Å². The second kappa shape index (κ2) is 7.34. The summed E-state index contributed by atoms with van der Waals surface area (Å²) in [6, 6.07) is 13.4. The van der Waals surface area contributed by atoms with Crippen LogP contribution in [0.3, 0.4) is 0 Å². The van der Waals surface area contributed by atoms with Crippen LogP contribution in [-0.2, 0) is 12.8 Å². The van der Waals surface area contributed by atoms with Crippen molar-refractivity contribution in [2.75, 3.05) is 0 Å². The molecule has 5 heteroatoms. The van der Waals surface area contributed by atoms with E-state index in [0.717, 1.165) is 41.2 Å². The SMILES string of the molecule is CC(=O)c1ccc(-c2ccc(/C=N/c3sc4c(c3C#N)CCCC4)o2)cc1. The molecule has 1 aliphatic carbocycles. The Morgan fingerprint density at radius 1 is 1.19 bits per heavy atom. The van der Waals surface area contributed by atoms with Crippen molar-refractivity contribution in [3.8, 4) is 17.4 Å². The van der Waals surface area contributed by atoms with Gasteiger partial charge in [0.15, 0.2) is 5.78 Å². The molecule has 0 aliphatic heterocycles. The molecule has 0 radical (unpaired) electrons. The summed E-state index contributed by atoms with van der Waals surface area (Å²) in [4.78, 5) is 17.2. The molecule has 0 bridgehead atoms. The van der Waals surface area contributed by atoms with Gasteiger partial charge in [-0.15, -0.1) is 11.3 Å². The number of nitrogens with zero attached hydrogens (tertiary/aromatic N) is 2. The number of rotatable bonds is 4. The highest BCUT2D eigenvalue weighted by Crippen LogP contribution is 2.39. The van der Waals surface area contributed by atoms with Crippen molar-refractivity contribution in [1.82, 2.24) is 0 Å². The van der Waals surface area contributed by atoms with Crippen LogP contribution in [0.1, 0.15) is 51.9 Å². The number of carbonyl (C=O) groups excluding carboxylic acids is 1. The summed E-state index contributed by atoms with van der Waals surface area (Å²) in [5, 5.41) is 10.3. The summed E-state index contributed by atoms with van der Waals surface area (Å²) in [7, 11) is 0. The van der Waals surface area contributed by atoms with Crippen molar-refractivity contribution in [2.24, 2.45) is 4.99 Å². The molecule has 2 aromatic heterocycles. The highest BCUT2D eigenvalue weighted by Gasteiger charge is 2.20. The minimum Gasteiger partial charge on any atom is -0.455 e. The largest absolute Gasteiger partial charge is 0.455 e. The number of hydrogen-bond acceptors (Lipinski definition) is 5. The molecule has 0 atom stereocenters. The van der Waals surface area contributed by atoms with Crippen molar-refractivity contribution >= 4 is 28.3 Å². The quantitative estimate of drug-likeness (QED) is 0.434. The van der Waals surface area contributed by atoms with Crippen LogP contribution in [0.4, 0.5) is 5.00 Å². The van der Waals surface area contributed by atoms with Crippen molar-refractivity contribution in [3.05, 3.63) is 63.7 Å². The number of benzene rings is 1. The van der Waals surface area contributed by atoms with Crippen molar-refractivity contribution in [1.29, 1.82) is 5.26 Å². The number of Topliss-reactive ketones (excluding diaryl/α,β-unsaturated/α-hetero) is 1. The zero-order chi connectivity index (χ0) is 18.8. The van der Waals surface area contributed by atoms with Crippen LogP contribution in [0.2, 0.25) is 0 Å². The average molecular weight is 374 g/mol. The Balaban J connectivity index is 1.57. The van der Waals surface area contributed by atoms with E-state index in [1.54, 1.807) is 36.6 Å². The topological polar surface area (TPSA) is 66.4 Å². The molecule has 0 fully saturated rings. The first-order chi connectivity index (χ1) is 13.2. The normalized spacial score (nSPS) is 13.5. The predicted molar refractivity (Wildman–Crippen MR) is 107 cm³/mol. The lowest BCUT2D eigenvalue weighted by molar-refractivity contribution is 0.101. The number of aliphatic imine (C=N–C) groups is 1. The van der Waals surface area contributed by atoms with Crippen molar-refractivity contribution in [2.45, 2.75) is 32.6 Å². The Labute approximate surface area is 161 Å². The lowest BCUT2D eigenvalue weighted by atomic mass is 9.96. The van der Waals surface area contributed by atoms with E-state index < -0.39 is 0 Å². The molecular weight excluding hydrogens is 356 g/mol. The van der Waals surface area contributed by atoms with Crippen LogP contribution >= 0.6 is 11.3 Å². The van der Waals surface area contributed by atoms with Crippen LogP contribution < -0.4 is 0 Å². The first-order valence-corrected chi connectivity index (χ1v) is 9.77. The number of carbonyl (C=O) groups is 1. The van der Waals surface area contributed by atoms with E-state index in [4.69, 9.17) is 4.42 Å². The number of thiophene rings is 1. The van der Waals surface area contributed by atoms with Gasteiger partial charge in [0, 0.05) is 16.0 Å².